The fourth-order valence-corrected chi connectivity index (χ4v) is 2.45. The van der Waals surface area contributed by atoms with E-state index in [1.165, 1.54) is 36.8 Å². The van der Waals surface area contributed by atoms with E-state index in [9.17, 15) is 0 Å². The van der Waals surface area contributed by atoms with Crippen molar-refractivity contribution >= 4 is 35.6 Å². The van der Waals surface area contributed by atoms with Crippen molar-refractivity contribution in [3.8, 4) is 0 Å². The Hall–Kier alpha value is -0.780. The molecule has 0 radical (unpaired) electrons. The number of halogens is 1. The molecule has 0 atom stereocenters. The number of nitrogens with two attached hydrogens (primary N) is 1. The fraction of sp³-hybridized carbons (Fsp3) is 0.562. The van der Waals surface area contributed by atoms with E-state index in [4.69, 9.17) is 5.73 Å². The third-order valence-electron chi connectivity index (χ3n) is 4.10. The van der Waals surface area contributed by atoms with Crippen LogP contribution in [-0.4, -0.2) is 12.5 Å². The smallest absolute Gasteiger partial charge is 0.193 e. The molecule has 0 aliphatic heterocycles. The number of aliphatic imine (C=N–C) groups is 1. The van der Waals surface area contributed by atoms with Crippen LogP contribution < -0.4 is 11.1 Å². The summed E-state index contributed by atoms with van der Waals surface area (Å²) in [5.74, 6) is 0.533. The van der Waals surface area contributed by atoms with Crippen LogP contribution in [0.1, 0.15) is 43.7 Å². The van der Waals surface area contributed by atoms with Gasteiger partial charge in [0.2, 0.25) is 0 Å². The first kappa shape index (κ1) is 17.3. The van der Waals surface area contributed by atoms with E-state index >= 15 is 0 Å². The fourth-order valence-electron chi connectivity index (χ4n) is 2.45. The minimum absolute atomic E-state index is 0. The van der Waals surface area contributed by atoms with Crippen LogP contribution in [0.15, 0.2) is 23.2 Å². The third-order valence-corrected chi connectivity index (χ3v) is 4.10. The van der Waals surface area contributed by atoms with E-state index in [-0.39, 0.29) is 24.0 Å². The van der Waals surface area contributed by atoms with Crippen LogP contribution in [0, 0.1) is 19.3 Å². The van der Waals surface area contributed by atoms with Gasteiger partial charge in [-0.2, -0.15) is 0 Å². The summed E-state index contributed by atoms with van der Waals surface area (Å²) in [5, 5.41) is 3.18. The normalized spacial score (nSPS) is 16.4. The number of benzene rings is 1. The molecular weight excluding hydrogens is 361 g/mol. The zero-order valence-corrected chi connectivity index (χ0v) is 15.0. The number of nitrogens with zero attached hydrogens (tertiary/aromatic N) is 1. The summed E-state index contributed by atoms with van der Waals surface area (Å²) in [5.41, 5.74) is 10.0. The largest absolute Gasteiger partial charge is 0.370 e. The summed E-state index contributed by atoms with van der Waals surface area (Å²) in [6.07, 6.45) is 5.12. The van der Waals surface area contributed by atoms with E-state index in [0.29, 0.717) is 11.4 Å². The predicted molar refractivity (Wildman–Crippen MR) is 98.0 cm³/mol. The summed E-state index contributed by atoms with van der Waals surface area (Å²) in [7, 11) is 0. The van der Waals surface area contributed by atoms with Gasteiger partial charge in [-0.05, 0) is 61.8 Å². The van der Waals surface area contributed by atoms with Gasteiger partial charge in [0.15, 0.2) is 5.96 Å². The maximum atomic E-state index is 5.96. The van der Waals surface area contributed by atoms with Gasteiger partial charge < -0.3 is 11.1 Å². The number of rotatable bonds is 5. The average Bonchev–Trinajstić information content (AvgIpc) is 3.12. The molecule has 0 heterocycles. The highest BCUT2D eigenvalue weighted by atomic mass is 127. The van der Waals surface area contributed by atoms with Gasteiger partial charge in [-0.1, -0.05) is 19.4 Å². The molecule has 3 N–H and O–H groups in total. The lowest BCUT2D eigenvalue weighted by molar-refractivity contribution is 0.473. The van der Waals surface area contributed by atoms with Gasteiger partial charge in [-0.25, -0.2) is 0 Å². The lowest BCUT2D eigenvalue weighted by Gasteiger charge is -2.12. The number of aryl methyl sites for hydroxylation is 2. The van der Waals surface area contributed by atoms with Gasteiger partial charge >= 0.3 is 0 Å². The summed E-state index contributed by atoms with van der Waals surface area (Å²) in [6.45, 7) is 7.32. The first-order valence-corrected chi connectivity index (χ1v) is 7.19. The number of hydrogen-bond acceptors (Lipinski definition) is 1. The molecule has 1 aliphatic rings. The standard InChI is InChI=1S/C16H25N3.HI/c1-4-7-16(8-9-16)11-18-15(17)19-14-6-5-12(2)13(3)10-14;/h5-6,10H,4,7-9,11H2,1-3H3,(H3,17,18,19);1H. The average molecular weight is 387 g/mol. The molecule has 0 saturated heterocycles. The number of anilines is 1. The second kappa shape index (κ2) is 7.29. The molecule has 0 aromatic heterocycles. The molecule has 3 nitrogen and oxygen atoms in total. The summed E-state index contributed by atoms with van der Waals surface area (Å²) >= 11 is 0. The summed E-state index contributed by atoms with van der Waals surface area (Å²) in [6, 6.07) is 6.25. The van der Waals surface area contributed by atoms with Gasteiger partial charge in [0.25, 0.3) is 0 Å². The monoisotopic (exact) mass is 387 g/mol. The molecule has 1 aromatic carbocycles. The van der Waals surface area contributed by atoms with Crippen molar-refractivity contribution in [2.45, 2.75) is 46.5 Å². The van der Waals surface area contributed by atoms with E-state index in [2.05, 4.69) is 43.2 Å². The molecule has 20 heavy (non-hydrogen) atoms. The van der Waals surface area contributed by atoms with Crippen molar-refractivity contribution < 1.29 is 0 Å². The summed E-state index contributed by atoms with van der Waals surface area (Å²) in [4.78, 5) is 4.51. The SMILES string of the molecule is CCCC1(CN=C(N)Nc2ccc(C)c(C)c2)CC1.I. The number of hydrogen-bond donors (Lipinski definition) is 2. The van der Waals surface area contributed by atoms with Crippen molar-refractivity contribution in [1.82, 2.24) is 0 Å². The Morgan fingerprint density at radius 3 is 2.55 bits per heavy atom. The van der Waals surface area contributed by atoms with Crippen LogP contribution in [0.4, 0.5) is 5.69 Å². The molecule has 1 aromatic rings. The number of guanidine groups is 1. The van der Waals surface area contributed by atoms with Crippen LogP contribution in [0.25, 0.3) is 0 Å². The quantitative estimate of drug-likeness (QED) is 0.451. The van der Waals surface area contributed by atoms with Crippen LogP contribution in [-0.2, 0) is 0 Å². The highest BCUT2D eigenvalue weighted by Crippen LogP contribution is 2.49. The molecule has 0 amide bonds. The first-order chi connectivity index (χ1) is 9.04. The van der Waals surface area contributed by atoms with E-state index in [0.717, 1.165) is 12.2 Å². The van der Waals surface area contributed by atoms with Crippen molar-refractivity contribution in [3.63, 3.8) is 0 Å². The Bertz CT molecular complexity index is 479. The lowest BCUT2D eigenvalue weighted by Crippen LogP contribution is -2.24. The maximum Gasteiger partial charge on any atom is 0.193 e. The van der Waals surface area contributed by atoms with Crippen molar-refractivity contribution in [3.05, 3.63) is 29.3 Å². The van der Waals surface area contributed by atoms with Crippen LogP contribution in [0.5, 0.6) is 0 Å². The Morgan fingerprint density at radius 2 is 2.00 bits per heavy atom. The van der Waals surface area contributed by atoms with Crippen LogP contribution in [0.3, 0.4) is 0 Å². The molecule has 0 bridgehead atoms. The van der Waals surface area contributed by atoms with Crippen LogP contribution >= 0.6 is 24.0 Å². The Balaban J connectivity index is 0.00000200. The lowest BCUT2D eigenvalue weighted by atomic mass is 10.0. The molecule has 1 saturated carbocycles. The Labute approximate surface area is 139 Å². The number of nitrogens with one attached hydrogen (secondary N) is 1. The van der Waals surface area contributed by atoms with E-state index < -0.39 is 0 Å². The van der Waals surface area contributed by atoms with E-state index in [1.807, 2.05) is 6.07 Å². The zero-order chi connectivity index (χ0) is 13.9. The van der Waals surface area contributed by atoms with E-state index in [1.54, 1.807) is 0 Å². The predicted octanol–water partition coefficient (Wildman–Crippen LogP) is 4.23. The van der Waals surface area contributed by atoms with Gasteiger partial charge in [0.05, 0.1) is 0 Å². The Morgan fingerprint density at radius 1 is 1.30 bits per heavy atom. The van der Waals surface area contributed by atoms with Gasteiger partial charge in [0, 0.05) is 12.2 Å². The minimum Gasteiger partial charge on any atom is -0.370 e. The molecule has 112 valence electrons. The molecule has 0 unspecified atom stereocenters. The maximum absolute atomic E-state index is 5.96. The van der Waals surface area contributed by atoms with Crippen molar-refractivity contribution in [2.24, 2.45) is 16.1 Å². The Kier molecular flexibility index (Phi) is 6.30. The highest BCUT2D eigenvalue weighted by Gasteiger charge is 2.41. The molecule has 1 aliphatic carbocycles. The molecular formula is C16H26IN3. The minimum atomic E-state index is 0. The van der Waals surface area contributed by atoms with Crippen molar-refractivity contribution in [2.75, 3.05) is 11.9 Å². The summed E-state index contributed by atoms with van der Waals surface area (Å²) < 4.78 is 0. The van der Waals surface area contributed by atoms with Gasteiger partial charge in [0.1, 0.15) is 0 Å². The second-order valence-corrected chi connectivity index (χ2v) is 5.88. The van der Waals surface area contributed by atoms with Crippen molar-refractivity contribution in [1.29, 1.82) is 0 Å². The van der Waals surface area contributed by atoms with Gasteiger partial charge in [-0.15, -0.1) is 24.0 Å². The second-order valence-electron chi connectivity index (χ2n) is 5.88. The molecule has 0 spiro atoms. The first-order valence-electron chi connectivity index (χ1n) is 7.19. The van der Waals surface area contributed by atoms with Crippen LogP contribution in [0.2, 0.25) is 0 Å². The molecule has 2 rings (SSSR count). The topological polar surface area (TPSA) is 50.4 Å². The third kappa shape index (κ3) is 4.65. The highest BCUT2D eigenvalue weighted by molar-refractivity contribution is 14.0. The molecule has 1 fully saturated rings. The zero-order valence-electron chi connectivity index (χ0n) is 12.7. The molecule has 4 heteroatoms. The van der Waals surface area contributed by atoms with Gasteiger partial charge in [-0.3, -0.25) is 4.99 Å².